The van der Waals surface area contributed by atoms with Crippen LogP contribution in [0.4, 0.5) is 0 Å². The summed E-state index contributed by atoms with van der Waals surface area (Å²) in [5, 5.41) is 7.22. The number of carbonyl (C=O) groups is 2. The number of para-hydroxylation sites is 2. The first-order valence-corrected chi connectivity index (χ1v) is 9.74. The summed E-state index contributed by atoms with van der Waals surface area (Å²) < 4.78 is 7.27. The molecule has 1 aromatic heterocycles. The number of nitrogens with zero attached hydrogens (tertiary/aromatic N) is 3. The molecule has 0 bridgehead atoms. The van der Waals surface area contributed by atoms with Crippen molar-refractivity contribution >= 4 is 11.8 Å². The lowest BCUT2D eigenvalue weighted by molar-refractivity contribution is -0.132. The van der Waals surface area contributed by atoms with Crippen molar-refractivity contribution in [3.8, 4) is 11.4 Å². The Morgan fingerprint density at radius 2 is 1.67 bits per heavy atom. The molecule has 2 amide bonds. The van der Waals surface area contributed by atoms with Crippen LogP contribution in [0.25, 0.3) is 5.69 Å². The van der Waals surface area contributed by atoms with E-state index in [-0.39, 0.29) is 25.0 Å². The number of amides is 2. The average Bonchev–Trinajstić information content (AvgIpc) is 3.05. The Morgan fingerprint density at radius 1 is 1.03 bits per heavy atom. The first-order chi connectivity index (χ1) is 14.5. The SMILES string of the molecule is Cc1nn(-c2ccccc2)c(C)c1CN(C)C(=O)CNC(=O)COc1ccccc1. The van der Waals surface area contributed by atoms with Gasteiger partial charge in [-0.3, -0.25) is 9.59 Å². The van der Waals surface area contributed by atoms with Crippen LogP contribution in [0.1, 0.15) is 17.0 Å². The Kier molecular flexibility index (Phi) is 6.85. The number of hydrogen-bond acceptors (Lipinski definition) is 4. The van der Waals surface area contributed by atoms with Crippen LogP contribution in [0.3, 0.4) is 0 Å². The topological polar surface area (TPSA) is 76.5 Å². The zero-order valence-electron chi connectivity index (χ0n) is 17.5. The standard InChI is InChI=1S/C23H26N4O3/c1-17-21(18(2)27(25-17)19-10-6-4-7-11-19)15-26(3)23(29)14-24-22(28)16-30-20-12-8-5-9-13-20/h4-13H,14-16H2,1-3H3,(H,24,28). The lowest BCUT2D eigenvalue weighted by Gasteiger charge is -2.18. The normalized spacial score (nSPS) is 10.5. The second kappa shape index (κ2) is 9.73. The molecule has 1 N–H and O–H groups in total. The number of nitrogens with one attached hydrogen (secondary N) is 1. The smallest absolute Gasteiger partial charge is 0.258 e. The Morgan fingerprint density at radius 3 is 2.33 bits per heavy atom. The van der Waals surface area contributed by atoms with Crippen LogP contribution in [0.5, 0.6) is 5.75 Å². The van der Waals surface area contributed by atoms with Crippen molar-refractivity contribution in [3.05, 3.63) is 77.6 Å². The van der Waals surface area contributed by atoms with E-state index in [0.717, 1.165) is 22.6 Å². The van der Waals surface area contributed by atoms with Crippen molar-refractivity contribution in [2.45, 2.75) is 20.4 Å². The van der Waals surface area contributed by atoms with Gasteiger partial charge in [0.1, 0.15) is 5.75 Å². The van der Waals surface area contributed by atoms with Crippen LogP contribution >= 0.6 is 0 Å². The van der Waals surface area contributed by atoms with Crippen LogP contribution < -0.4 is 10.1 Å². The van der Waals surface area contributed by atoms with Crippen molar-refractivity contribution in [1.82, 2.24) is 20.0 Å². The maximum atomic E-state index is 12.5. The van der Waals surface area contributed by atoms with E-state index in [1.807, 2.05) is 67.1 Å². The molecular formula is C23H26N4O3. The van der Waals surface area contributed by atoms with Crippen molar-refractivity contribution in [2.75, 3.05) is 20.2 Å². The maximum Gasteiger partial charge on any atom is 0.258 e. The highest BCUT2D eigenvalue weighted by Gasteiger charge is 2.17. The molecule has 0 aliphatic carbocycles. The molecule has 0 saturated carbocycles. The Balaban J connectivity index is 1.53. The number of hydrogen-bond donors (Lipinski definition) is 1. The van der Waals surface area contributed by atoms with E-state index < -0.39 is 0 Å². The number of aromatic nitrogens is 2. The van der Waals surface area contributed by atoms with Gasteiger partial charge in [0.25, 0.3) is 5.91 Å². The summed E-state index contributed by atoms with van der Waals surface area (Å²) in [6, 6.07) is 18.9. The second-order valence-corrected chi connectivity index (χ2v) is 7.02. The zero-order valence-corrected chi connectivity index (χ0v) is 17.5. The Hall–Kier alpha value is -3.61. The largest absolute Gasteiger partial charge is 0.484 e. The van der Waals surface area contributed by atoms with Gasteiger partial charge in [-0.1, -0.05) is 36.4 Å². The highest BCUT2D eigenvalue weighted by atomic mass is 16.5. The molecule has 3 aromatic rings. The lowest BCUT2D eigenvalue weighted by Crippen LogP contribution is -2.39. The van der Waals surface area contributed by atoms with E-state index in [9.17, 15) is 9.59 Å². The molecule has 7 nitrogen and oxygen atoms in total. The first-order valence-electron chi connectivity index (χ1n) is 9.74. The van der Waals surface area contributed by atoms with Crippen LogP contribution in [0.15, 0.2) is 60.7 Å². The molecule has 2 aromatic carbocycles. The third-order valence-corrected chi connectivity index (χ3v) is 4.81. The number of benzene rings is 2. The van der Waals surface area contributed by atoms with Gasteiger partial charge in [-0.05, 0) is 38.1 Å². The molecule has 3 rings (SSSR count). The number of rotatable bonds is 8. The van der Waals surface area contributed by atoms with Crippen LogP contribution in [0, 0.1) is 13.8 Å². The highest BCUT2D eigenvalue weighted by Crippen LogP contribution is 2.19. The fourth-order valence-corrected chi connectivity index (χ4v) is 3.08. The third-order valence-electron chi connectivity index (χ3n) is 4.81. The quantitative estimate of drug-likeness (QED) is 0.624. The van der Waals surface area contributed by atoms with Gasteiger partial charge in [0.15, 0.2) is 6.61 Å². The van der Waals surface area contributed by atoms with Crippen molar-refractivity contribution in [2.24, 2.45) is 0 Å². The van der Waals surface area contributed by atoms with Crippen LogP contribution in [-0.4, -0.2) is 46.7 Å². The molecule has 0 aliphatic heterocycles. The third kappa shape index (κ3) is 5.26. The molecule has 0 atom stereocenters. The minimum atomic E-state index is -0.343. The summed E-state index contributed by atoms with van der Waals surface area (Å²) in [4.78, 5) is 26.0. The summed E-state index contributed by atoms with van der Waals surface area (Å²) in [6.45, 7) is 4.12. The predicted octanol–water partition coefficient (Wildman–Crippen LogP) is 2.64. The van der Waals surface area contributed by atoms with Gasteiger partial charge in [0.05, 0.1) is 17.9 Å². The van der Waals surface area contributed by atoms with E-state index in [2.05, 4.69) is 10.4 Å². The molecule has 0 aliphatic rings. The van der Waals surface area contributed by atoms with Gasteiger partial charge >= 0.3 is 0 Å². The van der Waals surface area contributed by atoms with E-state index in [1.54, 1.807) is 24.1 Å². The monoisotopic (exact) mass is 406 g/mol. The number of ether oxygens (including phenoxy) is 1. The molecule has 7 heteroatoms. The van der Waals surface area contributed by atoms with Crippen LogP contribution in [0.2, 0.25) is 0 Å². The van der Waals surface area contributed by atoms with Gasteiger partial charge in [-0.25, -0.2) is 4.68 Å². The molecule has 0 radical (unpaired) electrons. The van der Waals surface area contributed by atoms with Crippen molar-refractivity contribution in [1.29, 1.82) is 0 Å². The fourth-order valence-electron chi connectivity index (χ4n) is 3.08. The summed E-state index contributed by atoms with van der Waals surface area (Å²) in [7, 11) is 1.72. The highest BCUT2D eigenvalue weighted by molar-refractivity contribution is 5.85. The van der Waals surface area contributed by atoms with E-state index >= 15 is 0 Å². The van der Waals surface area contributed by atoms with Gasteiger partial charge in [0.2, 0.25) is 5.91 Å². The second-order valence-electron chi connectivity index (χ2n) is 7.02. The molecule has 0 unspecified atom stereocenters. The maximum absolute atomic E-state index is 12.5. The summed E-state index contributed by atoms with van der Waals surface area (Å²) >= 11 is 0. The van der Waals surface area contributed by atoms with Crippen molar-refractivity contribution < 1.29 is 14.3 Å². The molecule has 156 valence electrons. The number of carbonyl (C=O) groups excluding carboxylic acids is 2. The average molecular weight is 406 g/mol. The summed E-state index contributed by atoms with van der Waals surface area (Å²) in [5.41, 5.74) is 3.83. The summed E-state index contributed by atoms with van der Waals surface area (Å²) in [5.74, 6) is 0.0802. The molecule has 0 spiro atoms. The molecular weight excluding hydrogens is 380 g/mol. The molecule has 0 saturated heterocycles. The number of likely N-dealkylation sites (N-methyl/N-ethyl adjacent to an activating group) is 1. The van der Waals surface area contributed by atoms with Gasteiger partial charge < -0.3 is 15.0 Å². The Labute approximate surface area is 176 Å². The van der Waals surface area contributed by atoms with Gasteiger partial charge in [-0.2, -0.15) is 5.10 Å². The van der Waals surface area contributed by atoms with E-state index in [0.29, 0.717) is 12.3 Å². The van der Waals surface area contributed by atoms with E-state index in [4.69, 9.17) is 4.74 Å². The zero-order chi connectivity index (χ0) is 21.5. The van der Waals surface area contributed by atoms with Crippen molar-refractivity contribution in [3.63, 3.8) is 0 Å². The minimum absolute atomic E-state index is 0.0849. The summed E-state index contributed by atoms with van der Waals surface area (Å²) in [6.07, 6.45) is 0. The fraction of sp³-hybridized carbons (Fsp3) is 0.261. The predicted molar refractivity (Wildman–Crippen MR) is 114 cm³/mol. The molecule has 0 fully saturated rings. The Bertz CT molecular complexity index is 1000. The van der Waals surface area contributed by atoms with Gasteiger partial charge in [0, 0.05) is 24.8 Å². The molecule has 1 heterocycles. The van der Waals surface area contributed by atoms with Crippen LogP contribution in [-0.2, 0) is 16.1 Å². The minimum Gasteiger partial charge on any atom is -0.484 e. The number of aryl methyl sites for hydroxylation is 1. The lowest BCUT2D eigenvalue weighted by atomic mass is 10.2. The molecule has 30 heavy (non-hydrogen) atoms. The van der Waals surface area contributed by atoms with E-state index in [1.165, 1.54) is 0 Å². The first kappa shape index (κ1) is 21.1. The van der Waals surface area contributed by atoms with Gasteiger partial charge in [-0.15, -0.1) is 0 Å².